The summed E-state index contributed by atoms with van der Waals surface area (Å²) in [5, 5.41) is 12.3. The molecular weight excluding hydrogens is 294 g/mol. The van der Waals surface area contributed by atoms with Crippen molar-refractivity contribution in [3.8, 4) is 0 Å². The zero-order chi connectivity index (χ0) is 16.8. The van der Waals surface area contributed by atoms with E-state index in [1.165, 1.54) is 0 Å². The van der Waals surface area contributed by atoms with Gasteiger partial charge in [-0.25, -0.2) is 4.79 Å². The molecule has 2 N–H and O–H groups in total. The van der Waals surface area contributed by atoms with Crippen LogP contribution in [0.4, 0.5) is 0 Å². The molecule has 0 radical (unpaired) electrons. The maximum Gasteiger partial charge on any atom is 0.329 e. The Morgan fingerprint density at radius 1 is 1.30 bits per heavy atom. The fourth-order valence-corrected chi connectivity index (χ4v) is 4.44. The second-order valence-corrected chi connectivity index (χ2v) is 7.28. The highest BCUT2D eigenvalue weighted by Gasteiger charge is 2.61. The number of carbonyl (C=O) groups is 3. The van der Waals surface area contributed by atoms with E-state index in [0.29, 0.717) is 18.4 Å². The van der Waals surface area contributed by atoms with Crippen LogP contribution in [0.5, 0.6) is 0 Å². The molecule has 5 nitrogen and oxygen atoms in total. The maximum absolute atomic E-state index is 12.8. The summed E-state index contributed by atoms with van der Waals surface area (Å²) >= 11 is 0. The Kier molecular flexibility index (Phi) is 4.07. The number of fused-ring (bicyclic) bond motifs is 1. The van der Waals surface area contributed by atoms with Gasteiger partial charge in [0.1, 0.15) is 11.3 Å². The summed E-state index contributed by atoms with van der Waals surface area (Å²) in [5.74, 6) is -0.774. The van der Waals surface area contributed by atoms with Crippen molar-refractivity contribution in [1.82, 2.24) is 5.32 Å². The van der Waals surface area contributed by atoms with Crippen molar-refractivity contribution in [2.75, 3.05) is 0 Å². The number of aliphatic carboxylic acids is 1. The lowest BCUT2D eigenvalue weighted by Gasteiger charge is -2.30. The Bertz CT molecular complexity index is 582. The largest absolute Gasteiger partial charge is 0.479 e. The Hall–Kier alpha value is -1.65. The average Bonchev–Trinajstić information content (AvgIpc) is 3.14. The molecule has 3 rings (SSSR count). The second-order valence-electron chi connectivity index (χ2n) is 7.28. The molecule has 0 aromatic rings. The van der Waals surface area contributed by atoms with Crippen LogP contribution in [-0.4, -0.2) is 28.3 Å². The van der Waals surface area contributed by atoms with Gasteiger partial charge in [0, 0.05) is 17.9 Å². The number of rotatable bonds is 5. The molecule has 0 aliphatic heterocycles. The fourth-order valence-electron chi connectivity index (χ4n) is 4.44. The minimum atomic E-state index is -1.09. The number of ketones is 1. The second kappa shape index (κ2) is 5.77. The lowest BCUT2D eigenvalue weighted by Crippen LogP contribution is -2.47. The molecule has 0 aromatic heterocycles. The number of carboxylic acids is 1. The van der Waals surface area contributed by atoms with Crippen LogP contribution < -0.4 is 5.32 Å². The van der Waals surface area contributed by atoms with Crippen molar-refractivity contribution in [3.63, 3.8) is 0 Å². The maximum atomic E-state index is 12.8. The summed E-state index contributed by atoms with van der Waals surface area (Å²) in [7, 11) is 0. The van der Waals surface area contributed by atoms with Gasteiger partial charge in [-0.05, 0) is 43.4 Å². The summed E-state index contributed by atoms with van der Waals surface area (Å²) in [6.07, 6.45) is 6.23. The molecule has 126 valence electrons. The fraction of sp³-hybridized carbons (Fsp3) is 0.722. The predicted octanol–water partition coefficient (Wildman–Crippen LogP) is 2.31. The monoisotopic (exact) mass is 319 g/mol. The third-order valence-electron chi connectivity index (χ3n) is 6.08. The van der Waals surface area contributed by atoms with Gasteiger partial charge in [0.25, 0.3) is 0 Å². The minimum Gasteiger partial charge on any atom is -0.479 e. The third-order valence-corrected chi connectivity index (χ3v) is 6.08. The van der Waals surface area contributed by atoms with Crippen LogP contribution in [0.1, 0.15) is 52.4 Å². The number of carboxylic acid groups (broad SMARTS) is 1. The van der Waals surface area contributed by atoms with E-state index >= 15 is 0 Å². The number of allylic oxidation sites excluding steroid dienone is 1. The van der Waals surface area contributed by atoms with E-state index in [2.05, 4.69) is 12.2 Å². The van der Waals surface area contributed by atoms with E-state index in [0.717, 1.165) is 25.7 Å². The first-order valence-corrected chi connectivity index (χ1v) is 8.73. The third kappa shape index (κ3) is 2.60. The van der Waals surface area contributed by atoms with Gasteiger partial charge in [0.05, 0.1) is 0 Å². The first-order valence-electron chi connectivity index (χ1n) is 8.73. The summed E-state index contributed by atoms with van der Waals surface area (Å²) < 4.78 is 0. The van der Waals surface area contributed by atoms with E-state index in [1.54, 1.807) is 0 Å². The standard InChI is InChI=1S/C18H25NO4/c1-3-10-7-13-12(5-6-15(13)20)14(8-10)16(21)19-18(17(22)23)9-11(18)4-2/h8,10-13H,3-7,9H2,1-2H3,(H,19,21)(H,22,23)/t10-,11?,12+,13+,18+/m1/s1. The van der Waals surface area contributed by atoms with E-state index in [9.17, 15) is 19.5 Å². The lowest BCUT2D eigenvalue weighted by molar-refractivity contribution is -0.143. The molecule has 5 atom stereocenters. The first-order chi connectivity index (χ1) is 10.9. The summed E-state index contributed by atoms with van der Waals surface area (Å²) in [5.41, 5.74) is -0.439. The van der Waals surface area contributed by atoms with Crippen LogP contribution in [0.3, 0.4) is 0 Å². The molecule has 2 saturated carbocycles. The molecule has 0 spiro atoms. The number of hydrogen-bond acceptors (Lipinski definition) is 3. The van der Waals surface area contributed by atoms with Crippen molar-refractivity contribution in [1.29, 1.82) is 0 Å². The predicted molar refractivity (Wildman–Crippen MR) is 84.6 cm³/mol. The van der Waals surface area contributed by atoms with Gasteiger partial charge in [0.2, 0.25) is 5.91 Å². The van der Waals surface area contributed by atoms with Gasteiger partial charge in [-0.2, -0.15) is 0 Å². The van der Waals surface area contributed by atoms with Crippen molar-refractivity contribution >= 4 is 17.7 Å². The number of carbonyl (C=O) groups excluding carboxylic acids is 2. The van der Waals surface area contributed by atoms with Gasteiger partial charge >= 0.3 is 5.97 Å². The minimum absolute atomic E-state index is 0.0103. The number of amides is 1. The van der Waals surface area contributed by atoms with Gasteiger partial charge in [-0.1, -0.05) is 26.3 Å². The van der Waals surface area contributed by atoms with Gasteiger partial charge in [0.15, 0.2) is 0 Å². The molecule has 0 bridgehead atoms. The van der Waals surface area contributed by atoms with Gasteiger partial charge < -0.3 is 10.4 Å². The number of hydrogen-bond donors (Lipinski definition) is 2. The molecule has 1 unspecified atom stereocenters. The van der Waals surface area contributed by atoms with Crippen LogP contribution in [0.2, 0.25) is 0 Å². The highest BCUT2D eigenvalue weighted by molar-refractivity contribution is 6.00. The molecule has 5 heteroatoms. The number of Topliss-reactive ketones (excluding diaryl/α,β-unsaturated/α-hetero) is 1. The molecule has 23 heavy (non-hydrogen) atoms. The molecule has 0 saturated heterocycles. The highest BCUT2D eigenvalue weighted by Crippen LogP contribution is 2.48. The van der Waals surface area contributed by atoms with Crippen LogP contribution >= 0.6 is 0 Å². The topological polar surface area (TPSA) is 83.5 Å². The van der Waals surface area contributed by atoms with Crippen LogP contribution in [0.15, 0.2) is 11.6 Å². The van der Waals surface area contributed by atoms with Gasteiger partial charge in [-0.15, -0.1) is 0 Å². The Morgan fingerprint density at radius 3 is 2.61 bits per heavy atom. The van der Waals surface area contributed by atoms with Crippen molar-refractivity contribution in [2.24, 2.45) is 23.7 Å². The first kappa shape index (κ1) is 16.2. The van der Waals surface area contributed by atoms with Crippen molar-refractivity contribution in [2.45, 2.75) is 57.9 Å². The Morgan fingerprint density at radius 2 is 2.04 bits per heavy atom. The molecular formula is C18H25NO4. The Balaban J connectivity index is 1.82. The zero-order valence-electron chi connectivity index (χ0n) is 13.8. The zero-order valence-corrected chi connectivity index (χ0v) is 13.8. The Labute approximate surface area is 136 Å². The van der Waals surface area contributed by atoms with Crippen LogP contribution in [-0.2, 0) is 14.4 Å². The van der Waals surface area contributed by atoms with E-state index in [4.69, 9.17) is 0 Å². The molecule has 3 aliphatic carbocycles. The molecule has 2 fully saturated rings. The quantitative estimate of drug-likeness (QED) is 0.814. The van der Waals surface area contributed by atoms with Gasteiger partial charge in [-0.3, -0.25) is 9.59 Å². The smallest absolute Gasteiger partial charge is 0.329 e. The molecule has 0 heterocycles. The molecule has 1 amide bonds. The van der Waals surface area contributed by atoms with Crippen molar-refractivity contribution in [3.05, 3.63) is 11.6 Å². The van der Waals surface area contributed by atoms with Crippen LogP contribution in [0.25, 0.3) is 0 Å². The summed E-state index contributed by atoms with van der Waals surface area (Å²) in [6, 6.07) is 0. The van der Waals surface area contributed by atoms with E-state index in [-0.39, 0.29) is 35.4 Å². The number of nitrogens with one attached hydrogen (secondary N) is 1. The van der Waals surface area contributed by atoms with Crippen LogP contribution in [0, 0.1) is 23.7 Å². The summed E-state index contributed by atoms with van der Waals surface area (Å²) in [4.78, 5) is 36.4. The normalized spacial score (nSPS) is 38.7. The molecule has 3 aliphatic rings. The van der Waals surface area contributed by atoms with Crippen molar-refractivity contribution < 1.29 is 19.5 Å². The molecule has 0 aromatic carbocycles. The highest BCUT2D eigenvalue weighted by atomic mass is 16.4. The lowest BCUT2D eigenvalue weighted by atomic mass is 9.74. The average molecular weight is 319 g/mol. The van der Waals surface area contributed by atoms with E-state index < -0.39 is 11.5 Å². The van der Waals surface area contributed by atoms with E-state index in [1.807, 2.05) is 13.0 Å². The summed E-state index contributed by atoms with van der Waals surface area (Å²) in [6.45, 7) is 4.00. The SMILES string of the molecule is CCC1C[C@@]1(NC(=O)C1=C[C@H](CC)C[C@@H]2C(=O)CC[C@H]12)C(=O)O.